The van der Waals surface area contributed by atoms with Gasteiger partial charge in [0, 0.05) is 37.9 Å². The van der Waals surface area contributed by atoms with E-state index >= 15 is 0 Å². The Morgan fingerprint density at radius 1 is 1.41 bits per heavy atom. The summed E-state index contributed by atoms with van der Waals surface area (Å²) in [5.41, 5.74) is 12.3. The number of hydrogen-bond acceptors (Lipinski definition) is 8. The molecule has 9 heteroatoms. The Morgan fingerprint density at radius 2 is 2.15 bits per heavy atom. The van der Waals surface area contributed by atoms with Crippen LogP contribution in [0, 0.1) is 5.92 Å². The van der Waals surface area contributed by atoms with Crippen molar-refractivity contribution >= 4 is 23.5 Å². The van der Waals surface area contributed by atoms with E-state index in [0.717, 1.165) is 32.0 Å². The third-order valence-corrected chi connectivity index (χ3v) is 4.29. The molecule has 0 aliphatic carbocycles. The van der Waals surface area contributed by atoms with Crippen molar-refractivity contribution in [2.24, 2.45) is 5.92 Å². The van der Waals surface area contributed by atoms with Crippen molar-refractivity contribution in [3.8, 4) is 17.1 Å². The zero-order chi connectivity index (χ0) is 20.0. The maximum absolute atomic E-state index is 11.9. The molecule has 1 aromatic heterocycles. The summed E-state index contributed by atoms with van der Waals surface area (Å²) in [5.74, 6) is 0.935. The number of aromatic amines is 1. The number of nitrogens with two attached hydrogens (primary N) is 2. The monoisotopic (exact) mass is 375 g/mol. The van der Waals surface area contributed by atoms with Crippen LogP contribution < -0.4 is 26.7 Å². The normalized spacial score (nSPS) is 15.8. The van der Waals surface area contributed by atoms with Crippen LogP contribution in [-0.4, -0.2) is 48.2 Å². The van der Waals surface area contributed by atoms with Gasteiger partial charge in [0.2, 0.25) is 0 Å². The summed E-state index contributed by atoms with van der Waals surface area (Å²) >= 11 is 0. The SMILES string of the molecule is CCOc1cc(N2CCC(C=O)C2)ccc1-c1nc(N)c(N)c(=O)[nH]1.CO. The molecule has 0 spiro atoms. The Labute approximate surface area is 157 Å². The number of aliphatic hydroxyl groups excluding tert-OH is 1. The van der Waals surface area contributed by atoms with Crippen LogP contribution in [0.5, 0.6) is 5.75 Å². The standard InChI is InChI=1S/C17H21N5O3.CH4O/c1-2-25-13-7-11(22-6-5-10(8-22)9-23)3-4-12(13)16-20-15(19)14(18)17(24)21-16;1-2/h3-4,7,9-10H,2,5-6,8,18H2,1H3,(H3,19,20,21,24);2H,1H3. The first-order valence-corrected chi connectivity index (χ1v) is 8.61. The lowest BCUT2D eigenvalue weighted by Gasteiger charge is -2.20. The molecule has 2 aromatic rings. The summed E-state index contributed by atoms with van der Waals surface area (Å²) < 4.78 is 5.72. The van der Waals surface area contributed by atoms with E-state index in [1.165, 1.54) is 0 Å². The van der Waals surface area contributed by atoms with Crippen LogP contribution >= 0.6 is 0 Å². The van der Waals surface area contributed by atoms with Gasteiger partial charge in [0.25, 0.3) is 5.56 Å². The van der Waals surface area contributed by atoms with E-state index < -0.39 is 5.56 Å². The molecule has 0 amide bonds. The third-order valence-electron chi connectivity index (χ3n) is 4.29. The van der Waals surface area contributed by atoms with Gasteiger partial charge in [-0.15, -0.1) is 0 Å². The van der Waals surface area contributed by atoms with Crippen molar-refractivity contribution in [1.29, 1.82) is 0 Å². The smallest absolute Gasteiger partial charge is 0.276 e. The Hall–Kier alpha value is -3.07. The van der Waals surface area contributed by atoms with Crippen molar-refractivity contribution in [1.82, 2.24) is 9.97 Å². The molecule has 0 saturated carbocycles. The van der Waals surface area contributed by atoms with E-state index in [9.17, 15) is 9.59 Å². The van der Waals surface area contributed by atoms with Crippen molar-refractivity contribution in [2.45, 2.75) is 13.3 Å². The van der Waals surface area contributed by atoms with Crippen LogP contribution in [-0.2, 0) is 4.79 Å². The zero-order valence-electron chi connectivity index (χ0n) is 15.4. The molecular weight excluding hydrogens is 350 g/mol. The molecule has 1 aliphatic rings. The third kappa shape index (κ3) is 4.37. The predicted molar refractivity (Wildman–Crippen MR) is 105 cm³/mol. The topological polar surface area (TPSA) is 148 Å². The fraction of sp³-hybridized carbons (Fsp3) is 0.389. The van der Waals surface area contributed by atoms with E-state index in [2.05, 4.69) is 14.9 Å². The molecule has 0 radical (unpaired) electrons. The number of H-pyrrole nitrogens is 1. The number of aldehydes is 1. The first-order chi connectivity index (χ1) is 13.0. The molecule has 2 heterocycles. The van der Waals surface area contributed by atoms with E-state index in [-0.39, 0.29) is 17.4 Å². The molecule has 1 aliphatic heterocycles. The highest BCUT2D eigenvalue weighted by atomic mass is 16.5. The van der Waals surface area contributed by atoms with Crippen LogP contribution in [0.15, 0.2) is 23.0 Å². The van der Waals surface area contributed by atoms with Gasteiger partial charge in [0.05, 0.1) is 12.2 Å². The van der Waals surface area contributed by atoms with Gasteiger partial charge in [-0.1, -0.05) is 0 Å². The van der Waals surface area contributed by atoms with E-state index in [1.54, 1.807) is 0 Å². The number of aliphatic hydroxyl groups is 1. The second kappa shape index (κ2) is 9.04. The molecule has 27 heavy (non-hydrogen) atoms. The van der Waals surface area contributed by atoms with Crippen LogP contribution in [0.2, 0.25) is 0 Å². The Morgan fingerprint density at radius 3 is 2.74 bits per heavy atom. The molecule has 1 unspecified atom stereocenters. The number of nitrogens with one attached hydrogen (secondary N) is 1. The molecule has 6 N–H and O–H groups in total. The highest BCUT2D eigenvalue weighted by Crippen LogP contribution is 2.34. The van der Waals surface area contributed by atoms with Crippen LogP contribution in [0.1, 0.15) is 13.3 Å². The predicted octanol–water partition coefficient (Wildman–Crippen LogP) is 0.634. The van der Waals surface area contributed by atoms with Crippen LogP contribution in [0.4, 0.5) is 17.2 Å². The minimum absolute atomic E-state index is 0.0151. The Bertz CT molecular complexity index is 852. The average Bonchev–Trinajstić information content (AvgIpc) is 3.17. The summed E-state index contributed by atoms with van der Waals surface area (Å²) in [6.07, 6.45) is 1.85. The molecule has 146 valence electrons. The number of carbonyl (C=O) groups is 1. The largest absolute Gasteiger partial charge is 0.493 e. The van der Waals surface area contributed by atoms with Gasteiger partial charge in [-0.3, -0.25) is 4.79 Å². The maximum atomic E-state index is 11.9. The summed E-state index contributed by atoms with van der Waals surface area (Å²) in [4.78, 5) is 31.8. The molecule has 9 nitrogen and oxygen atoms in total. The highest BCUT2D eigenvalue weighted by Gasteiger charge is 2.23. The van der Waals surface area contributed by atoms with Crippen molar-refractivity contribution in [2.75, 3.05) is 43.2 Å². The number of carbonyl (C=O) groups excluding carboxylic acids is 1. The van der Waals surface area contributed by atoms with Gasteiger partial charge in [-0.25, -0.2) is 4.98 Å². The molecule has 1 saturated heterocycles. The van der Waals surface area contributed by atoms with Crippen molar-refractivity contribution in [3.05, 3.63) is 28.6 Å². The second-order valence-electron chi connectivity index (χ2n) is 5.96. The number of hydrogen-bond donors (Lipinski definition) is 4. The van der Waals surface area contributed by atoms with Crippen LogP contribution in [0.25, 0.3) is 11.4 Å². The molecule has 3 rings (SSSR count). The molecular formula is C18H25N5O4. The number of benzene rings is 1. The van der Waals surface area contributed by atoms with Gasteiger partial charge in [-0.05, 0) is 25.5 Å². The van der Waals surface area contributed by atoms with Crippen molar-refractivity contribution in [3.63, 3.8) is 0 Å². The second-order valence-corrected chi connectivity index (χ2v) is 5.96. The summed E-state index contributed by atoms with van der Waals surface area (Å²) in [6, 6.07) is 5.62. The molecule has 1 fully saturated rings. The van der Waals surface area contributed by atoms with E-state index in [0.29, 0.717) is 30.3 Å². The summed E-state index contributed by atoms with van der Waals surface area (Å²) in [7, 11) is 1.00. The number of anilines is 3. The highest BCUT2D eigenvalue weighted by molar-refractivity contribution is 5.72. The minimum atomic E-state index is -0.484. The van der Waals surface area contributed by atoms with Gasteiger partial charge in [-0.2, -0.15) is 0 Å². The van der Waals surface area contributed by atoms with Gasteiger partial charge in [0.1, 0.15) is 23.5 Å². The lowest BCUT2D eigenvalue weighted by molar-refractivity contribution is -0.110. The maximum Gasteiger partial charge on any atom is 0.276 e. The molecule has 1 aromatic carbocycles. The lowest BCUT2D eigenvalue weighted by atomic mass is 10.1. The van der Waals surface area contributed by atoms with Gasteiger partial charge in [0.15, 0.2) is 5.82 Å². The van der Waals surface area contributed by atoms with E-state index in [1.807, 2.05) is 25.1 Å². The van der Waals surface area contributed by atoms with E-state index in [4.69, 9.17) is 21.3 Å². The van der Waals surface area contributed by atoms with Gasteiger partial charge < -0.3 is 36.0 Å². The average molecular weight is 375 g/mol. The molecule has 0 bridgehead atoms. The number of nitrogen functional groups attached to an aromatic ring is 2. The number of rotatable bonds is 5. The number of ether oxygens (including phenoxy) is 1. The molecule has 1 atom stereocenters. The van der Waals surface area contributed by atoms with Crippen LogP contribution in [0.3, 0.4) is 0 Å². The number of aromatic nitrogens is 2. The van der Waals surface area contributed by atoms with Gasteiger partial charge >= 0.3 is 0 Å². The quantitative estimate of drug-likeness (QED) is 0.556. The zero-order valence-corrected chi connectivity index (χ0v) is 15.4. The summed E-state index contributed by atoms with van der Waals surface area (Å²) in [6.45, 7) is 3.85. The lowest BCUT2D eigenvalue weighted by Crippen LogP contribution is -2.20. The first-order valence-electron chi connectivity index (χ1n) is 8.61. The minimum Gasteiger partial charge on any atom is -0.493 e. The fourth-order valence-corrected chi connectivity index (χ4v) is 2.94. The first kappa shape index (κ1) is 20.2. The summed E-state index contributed by atoms with van der Waals surface area (Å²) in [5, 5.41) is 7.00. The van der Waals surface area contributed by atoms with Crippen molar-refractivity contribution < 1.29 is 14.6 Å². The Kier molecular flexibility index (Phi) is 6.78. The Balaban J connectivity index is 0.00000126. The number of nitrogens with zero attached hydrogens (tertiary/aromatic N) is 2. The fourth-order valence-electron chi connectivity index (χ4n) is 2.94.